The van der Waals surface area contributed by atoms with Crippen LogP contribution in [0, 0.1) is 0 Å². The molecule has 0 aromatic heterocycles. The van der Waals surface area contributed by atoms with Crippen molar-refractivity contribution in [1.82, 2.24) is 0 Å². The predicted molar refractivity (Wildman–Crippen MR) is 334 cm³/mol. The first kappa shape index (κ1) is 72.8. The number of hydrogen-bond donors (Lipinski definition) is 0. The Morgan fingerprint density at radius 3 is 0.818 bits per heavy atom. The molecule has 0 bridgehead atoms. The van der Waals surface area contributed by atoms with E-state index in [0.717, 1.165) is 135 Å². The van der Waals surface area contributed by atoms with Gasteiger partial charge in [-0.05, 0) is 128 Å². The molecule has 0 aromatic carbocycles. The Kier molecular flexibility index (Phi) is 60.8. The van der Waals surface area contributed by atoms with Gasteiger partial charge in [-0.2, -0.15) is 0 Å². The smallest absolute Gasteiger partial charge is 0.306 e. The van der Waals surface area contributed by atoms with Crippen LogP contribution in [0.4, 0.5) is 0 Å². The van der Waals surface area contributed by atoms with E-state index in [4.69, 9.17) is 14.2 Å². The summed E-state index contributed by atoms with van der Waals surface area (Å²) in [6, 6.07) is 0. The minimum Gasteiger partial charge on any atom is -0.462 e. The van der Waals surface area contributed by atoms with Gasteiger partial charge in [0.05, 0.1) is 0 Å². The normalized spacial score (nSPS) is 12.9. The van der Waals surface area contributed by atoms with E-state index in [9.17, 15) is 14.4 Å². The van der Waals surface area contributed by atoms with Gasteiger partial charge in [-0.25, -0.2) is 0 Å². The van der Waals surface area contributed by atoms with Crippen molar-refractivity contribution in [2.75, 3.05) is 13.2 Å². The molecule has 0 amide bonds. The van der Waals surface area contributed by atoms with E-state index in [-0.39, 0.29) is 37.5 Å². The Bertz CT molecular complexity index is 1600. The fraction of sp³-hybridized carbons (Fsp3) is 0.676. The highest BCUT2D eigenvalue weighted by Gasteiger charge is 2.19. The summed E-state index contributed by atoms with van der Waals surface area (Å²) >= 11 is 0. The molecule has 0 radical (unpaired) electrons. The van der Waals surface area contributed by atoms with Crippen LogP contribution < -0.4 is 0 Å². The fourth-order valence-electron chi connectivity index (χ4n) is 8.69. The zero-order chi connectivity index (χ0) is 55.7. The van der Waals surface area contributed by atoms with E-state index in [1.165, 1.54) is 116 Å². The van der Waals surface area contributed by atoms with Crippen LogP contribution in [-0.2, 0) is 28.6 Å². The first-order chi connectivity index (χ1) is 38.0. The lowest BCUT2D eigenvalue weighted by Crippen LogP contribution is -2.30. The van der Waals surface area contributed by atoms with Crippen molar-refractivity contribution in [3.63, 3.8) is 0 Å². The van der Waals surface area contributed by atoms with E-state index >= 15 is 0 Å². The van der Waals surface area contributed by atoms with Crippen LogP contribution in [0.5, 0.6) is 0 Å². The SMILES string of the molecule is CC/C=C\C/C=C\C/C=C\C/C=C\C/C=C\CCCCCC(=O)OC(COC(=O)CCCCCC/C=C\C/C=C\C/C=C\C/C=C\CC)COC(=O)CCCCCCCCCCCCC/C=C\CCCCCCCCCC. The third-order valence-corrected chi connectivity index (χ3v) is 13.4. The molecule has 0 aromatic rings. The molecule has 0 saturated heterocycles. The molecule has 77 heavy (non-hydrogen) atoms. The zero-order valence-electron chi connectivity index (χ0n) is 50.2. The summed E-state index contributed by atoms with van der Waals surface area (Å²) in [5.41, 5.74) is 0. The highest BCUT2D eigenvalue weighted by molar-refractivity contribution is 5.71. The van der Waals surface area contributed by atoms with Crippen LogP contribution in [0.25, 0.3) is 0 Å². The summed E-state index contributed by atoms with van der Waals surface area (Å²) in [4.78, 5) is 38.3. The van der Waals surface area contributed by atoms with Gasteiger partial charge in [0, 0.05) is 19.3 Å². The van der Waals surface area contributed by atoms with Crippen LogP contribution >= 0.6 is 0 Å². The first-order valence-electron chi connectivity index (χ1n) is 32.0. The highest BCUT2D eigenvalue weighted by atomic mass is 16.6. The van der Waals surface area contributed by atoms with Crippen LogP contribution in [0.1, 0.15) is 290 Å². The monoisotopic (exact) mass is 1070 g/mol. The van der Waals surface area contributed by atoms with Crippen LogP contribution in [0.2, 0.25) is 0 Å². The molecule has 0 fully saturated rings. The molecule has 0 aliphatic heterocycles. The average Bonchev–Trinajstić information content (AvgIpc) is 3.43. The number of esters is 3. The molecular formula is C71H118O6. The third-order valence-electron chi connectivity index (χ3n) is 13.4. The predicted octanol–water partition coefficient (Wildman–Crippen LogP) is 22.0. The lowest BCUT2D eigenvalue weighted by Gasteiger charge is -2.18. The summed E-state index contributed by atoms with van der Waals surface area (Å²) in [6.45, 7) is 6.38. The van der Waals surface area contributed by atoms with Crippen molar-refractivity contribution in [3.8, 4) is 0 Å². The van der Waals surface area contributed by atoms with Crippen molar-refractivity contribution in [2.24, 2.45) is 0 Å². The van der Waals surface area contributed by atoms with Crippen LogP contribution in [-0.4, -0.2) is 37.2 Å². The van der Waals surface area contributed by atoms with Crippen molar-refractivity contribution in [1.29, 1.82) is 0 Å². The van der Waals surface area contributed by atoms with E-state index in [1.54, 1.807) is 0 Å². The van der Waals surface area contributed by atoms with E-state index in [0.29, 0.717) is 12.8 Å². The average molecular weight is 1070 g/mol. The van der Waals surface area contributed by atoms with Gasteiger partial charge in [-0.3, -0.25) is 14.4 Å². The van der Waals surface area contributed by atoms with Gasteiger partial charge in [0.25, 0.3) is 0 Å². The molecule has 0 aliphatic rings. The molecule has 0 spiro atoms. The lowest BCUT2D eigenvalue weighted by molar-refractivity contribution is -0.167. The quantitative estimate of drug-likeness (QED) is 0.0261. The van der Waals surface area contributed by atoms with Crippen molar-refractivity contribution in [2.45, 2.75) is 297 Å². The highest BCUT2D eigenvalue weighted by Crippen LogP contribution is 2.15. The van der Waals surface area contributed by atoms with Gasteiger partial charge in [0.15, 0.2) is 6.10 Å². The molecular weight excluding hydrogens is 949 g/mol. The topological polar surface area (TPSA) is 78.9 Å². The van der Waals surface area contributed by atoms with Gasteiger partial charge >= 0.3 is 17.9 Å². The molecule has 1 unspecified atom stereocenters. The van der Waals surface area contributed by atoms with Gasteiger partial charge in [-0.1, -0.05) is 264 Å². The van der Waals surface area contributed by atoms with Crippen LogP contribution in [0.3, 0.4) is 0 Å². The number of hydrogen-bond acceptors (Lipinski definition) is 6. The van der Waals surface area contributed by atoms with Gasteiger partial charge in [0.2, 0.25) is 0 Å². The second-order valence-electron chi connectivity index (χ2n) is 20.9. The number of allylic oxidation sites excluding steroid dienone is 20. The Balaban J connectivity index is 4.45. The summed E-state index contributed by atoms with van der Waals surface area (Å²) in [7, 11) is 0. The molecule has 0 saturated carbocycles. The lowest BCUT2D eigenvalue weighted by atomic mass is 10.0. The molecule has 0 rings (SSSR count). The number of rotatable bonds is 57. The Morgan fingerprint density at radius 2 is 0.506 bits per heavy atom. The largest absolute Gasteiger partial charge is 0.462 e. The van der Waals surface area contributed by atoms with Crippen molar-refractivity contribution >= 4 is 17.9 Å². The minimum absolute atomic E-state index is 0.102. The Labute approximate surface area is 475 Å². The van der Waals surface area contributed by atoms with Crippen molar-refractivity contribution < 1.29 is 28.6 Å². The van der Waals surface area contributed by atoms with Crippen LogP contribution in [0.15, 0.2) is 122 Å². The Morgan fingerprint density at radius 1 is 0.273 bits per heavy atom. The summed E-state index contributed by atoms with van der Waals surface area (Å²) in [5, 5.41) is 0. The maximum absolute atomic E-state index is 12.9. The molecule has 1 atom stereocenters. The van der Waals surface area contributed by atoms with Gasteiger partial charge in [0.1, 0.15) is 13.2 Å². The maximum Gasteiger partial charge on any atom is 0.306 e. The summed E-state index contributed by atoms with van der Waals surface area (Å²) in [6.07, 6.45) is 89.2. The van der Waals surface area contributed by atoms with E-state index in [2.05, 4.69) is 142 Å². The number of ether oxygens (including phenoxy) is 3. The van der Waals surface area contributed by atoms with E-state index in [1.807, 2.05) is 0 Å². The molecule has 6 nitrogen and oxygen atoms in total. The number of unbranched alkanes of at least 4 members (excludes halogenated alkanes) is 26. The third kappa shape index (κ3) is 62.5. The summed E-state index contributed by atoms with van der Waals surface area (Å²) in [5.74, 6) is -0.955. The standard InChI is InChI=1S/C71H118O6/c1-4-7-10-13-16-19-22-25-28-31-33-34-35-36-38-40-43-46-49-52-55-58-61-64-70(73)76-67-68(66-75-69(72)63-60-57-54-51-48-45-42-39-30-27-24-21-18-15-12-9-6-3)77-71(74)65-62-59-56-53-50-47-44-41-37-32-29-26-23-20-17-14-11-8-5-2/h8-9,11-12,17-18,20-21,26-27,29-31,33,37,41-42,45,47,50,68H,4-7,10,13-16,19,22-25,28,32,34-36,38-40,43-44,46,48-49,51-67H2,1-3H3/b11-8-,12-9-,20-17-,21-18-,29-26-,30-27-,33-31-,41-37-,45-42-,50-47-. The van der Waals surface area contributed by atoms with Gasteiger partial charge < -0.3 is 14.2 Å². The maximum atomic E-state index is 12.9. The molecule has 0 heterocycles. The Hall–Kier alpha value is -4.19. The number of carbonyl (C=O) groups excluding carboxylic acids is 3. The molecule has 0 aliphatic carbocycles. The molecule has 6 heteroatoms. The minimum atomic E-state index is -0.811. The summed E-state index contributed by atoms with van der Waals surface area (Å²) < 4.78 is 16.9. The second-order valence-corrected chi connectivity index (χ2v) is 20.9. The fourth-order valence-corrected chi connectivity index (χ4v) is 8.69. The second kappa shape index (κ2) is 64.3. The van der Waals surface area contributed by atoms with E-state index < -0.39 is 6.10 Å². The molecule has 0 N–H and O–H groups in total. The zero-order valence-corrected chi connectivity index (χ0v) is 50.2. The van der Waals surface area contributed by atoms with Crippen molar-refractivity contribution in [3.05, 3.63) is 122 Å². The molecule has 438 valence electrons. The first-order valence-corrected chi connectivity index (χ1v) is 32.0. The van der Waals surface area contributed by atoms with Gasteiger partial charge in [-0.15, -0.1) is 0 Å². The number of carbonyl (C=O) groups is 3.